The minimum atomic E-state index is -4.71. The fourth-order valence-electron chi connectivity index (χ4n) is 7.03. The number of anilines is 1. The van der Waals surface area contributed by atoms with E-state index in [9.17, 15) is 27.6 Å². The molecule has 2 amide bonds. The average molecular weight is 593 g/mol. The van der Waals surface area contributed by atoms with Crippen molar-refractivity contribution < 1.29 is 22.8 Å². The van der Waals surface area contributed by atoms with Crippen molar-refractivity contribution in [2.24, 2.45) is 17.8 Å². The Morgan fingerprint density at radius 1 is 0.976 bits per heavy atom. The summed E-state index contributed by atoms with van der Waals surface area (Å²) in [4.78, 5) is 48.3. The van der Waals surface area contributed by atoms with E-state index < -0.39 is 47.0 Å². The number of imide groups is 1. The van der Waals surface area contributed by atoms with Gasteiger partial charge in [0.2, 0.25) is 11.8 Å². The molecule has 3 aliphatic rings. The molecule has 1 N–H and O–H groups in total. The fraction of sp³-hybridized carbons (Fsp3) is 0.290. The number of alkyl halides is 3. The van der Waals surface area contributed by atoms with Crippen LogP contribution >= 0.6 is 11.6 Å². The Morgan fingerprint density at radius 2 is 1.69 bits per heavy atom. The Balaban J connectivity index is 1.50. The van der Waals surface area contributed by atoms with Gasteiger partial charge in [-0.15, -0.1) is 0 Å². The maximum atomic E-state index is 14.5. The summed E-state index contributed by atoms with van der Waals surface area (Å²) in [5.41, 5.74) is -1.49. The average Bonchev–Trinajstić information content (AvgIpc) is 3.51. The molecule has 4 aromatic rings. The number of rotatable bonds is 3. The van der Waals surface area contributed by atoms with E-state index in [1.165, 1.54) is 4.57 Å². The maximum absolute atomic E-state index is 14.5. The lowest BCUT2D eigenvalue weighted by Gasteiger charge is -2.32. The van der Waals surface area contributed by atoms with Gasteiger partial charge in [0.15, 0.2) is 0 Å². The van der Waals surface area contributed by atoms with Crippen LogP contribution in [0.1, 0.15) is 37.2 Å². The molecule has 3 aromatic carbocycles. The third-order valence-corrected chi connectivity index (χ3v) is 8.92. The Hall–Kier alpha value is -4.02. The van der Waals surface area contributed by atoms with Crippen LogP contribution in [0.25, 0.3) is 16.6 Å². The molecule has 4 heterocycles. The SMILES string of the molecule is CC(C)C[C@H]1N[C@@]2(c3ccccc3-n3c2nc2ccccc2c3=O)[C@H]2C(=O)N(c3cc(C(F)(F)F)ccc3Cl)C(=O)[C@@H]12. The summed E-state index contributed by atoms with van der Waals surface area (Å²) >= 11 is 6.35. The first-order valence-electron chi connectivity index (χ1n) is 13.6. The normalized spacial score (nSPS) is 24.6. The lowest BCUT2D eigenvalue weighted by Crippen LogP contribution is -2.50. The predicted octanol–water partition coefficient (Wildman–Crippen LogP) is 5.44. The molecule has 2 fully saturated rings. The minimum Gasteiger partial charge on any atom is -0.297 e. The highest BCUT2D eigenvalue weighted by Crippen LogP contribution is 2.56. The van der Waals surface area contributed by atoms with Crippen LogP contribution in [0.4, 0.5) is 18.9 Å². The van der Waals surface area contributed by atoms with E-state index >= 15 is 0 Å². The zero-order valence-electron chi connectivity index (χ0n) is 22.4. The Bertz CT molecular complexity index is 1890. The van der Waals surface area contributed by atoms with Crippen LogP contribution < -0.4 is 15.8 Å². The second-order valence-electron chi connectivity index (χ2n) is 11.5. The summed E-state index contributed by atoms with van der Waals surface area (Å²) < 4.78 is 42.5. The van der Waals surface area contributed by atoms with E-state index in [1.54, 1.807) is 48.5 Å². The zero-order valence-corrected chi connectivity index (χ0v) is 23.2. The molecule has 214 valence electrons. The molecule has 3 aliphatic heterocycles. The van der Waals surface area contributed by atoms with Gasteiger partial charge in [0, 0.05) is 11.6 Å². The van der Waals surface area contributed by atoms with Crippen molar-refractivity contribution in [1.29, 1.82) is 0 Å². The van der Waals surface area contributed by atoms with Gasteiger partial charge in [0.25, 0.3) is 5.56 Å². The van der Waals surface area contributed by atoms with Crippen LogP contribution in [-0.4, -0.2) is 27.4 Å². The first-order chi connectivity index (χ1) is 19.9. The third kappa shape index (κ3) is 3.51. The number of fused-ring (bicyclic) bond motifs is 8. The monoisotopic (exact) mass is 592 g/mol. The number of benzene rings is 3. The zero-order chi connectivity index (χ0) is 29.7. The first kappa shape index (κ1) is 26.9. The molecule has 1 spiro atoms. The molecule has 1 aromatic heterocycles. The minimum absolute atomic E-state index is 0.107. The number of carbonyl (C=O) groups excluding carboxylic acids is 2. The van der Waals surface area contributed by atoms with Crippen LogP contribution in [-0.2, 0) is 21.3 Å². The summed E-state index contributed by atoms with van der Waals surface area (Å²) in [5.74, 6) is -2.99. The highest BCUT2D eigenvalue weighted by Gasteiger charge is 2.70. The predicted molar refractivity (Wildman–Crippen MR) is 150 cm³/mol. The molecule has 42 heavy (non-hydrogen) atoms. The first-order valence-corrected chi connectivity index (χ1v) is 14.0. The van der Waals surface area contributed by atoms with Gasteiger partial charge in [0.1, 0.15) is 11.4 Å². The van der Waals surface area contributed by atoms with Crippen LogP contribution in [0.5, 0.6) is 0 Å². The number of amides is 2. The highest BCUT2D eigenvalue weighted by molar-refractivity contribution is 6.36. The molecule has 0 unspecified atom stereocenters. The number of aromatic nitrogens is 2. The fourth-order valence-corrected chi connectivity index (χ4v) is 7.23. The van der Waals surface area contributed by atoms with Gasteiger partial charge in [-0.1, -0.05) is 55.8 Å². The van der Waals surface area contributed by atoms with Crippen LogP contribution in [0.15, 0.2) is 71.5 Å². The van der Waals surface area contributed by atoms with E-state index in [0.717, 1.165) is 23.1 Å². The second-order valence-corrected chi connectivity index (χ2v) is 11.9. The molecule has 11 heteroatoms. The van der Waals surface area contributed by atoms with Crippen molar-refractivity contribution in [3.63, 3.8) is 0 Å². The van der Waals surface area contributed by atoms with E-state index in [-0.39, 0.29) is 28.0 Å². The topological polar surface area (TPSA) is 84.3 Å². The number of para-hydroxylation sites is 2. The summed E-state index contributed by atoms with van der Waals surface area (Å²) in [7, 11) is 0. The number of nitrogens with zero attached hydrogens (tertiary/aromatic N) is 3. The smallest absolute Gasteiger partial charge is 0.297 e. The Morgan fingerprint density at radius 3 is 2.43 bits per heavy atom. The van der Waals surface area contributed by atoms with Crippen molar-refractivity contribution in [2.45, 2.75) is 38.0 Å². The molecule has 0 aliphatic carbocycles. The lowest BCUT2D eigenvalue weighted by molar-refractivity contribution is -0.137. The molecular formula is C31H24ClF3N4O3. The lowest BCUT2D eigenvalue weighted by atomic mass is 9.75. The van der Waals surface area contributed by atoms with Gasteiger partial charge in [0.05, 0.1) is 44.7 Å². The number of hydrogen-bond acceptors (Lipinski definition) is 5. The van der Waals surface area contributed by atoms with Gasteiger partial charge in [-0.2, -0.15) is 13.2 Å². The summed E-state index contributed by atoms with van der Waals surface area (Å²) in [6.07, 6.45) is -4.22. The molecule has 2 saturated heterocycles. The number of carbonyl (C=O) groups is 2. The van der Waals surface area contributed by atoms with E-state index in [1.807, 2.05) is 13.8 Å². The van der Waals surface area contributed by atoms with E-state index in [4.69, 9.17) is 16.6 Å². The van der Waals surface area contributed by atoms with E-state index in [0.29, 0.717) is 28.6 Å². The number of hydrogen-bond donors (Lipinski definition) is 1. The third-order valence-electron chi connectivity index (χ3n) is 8.60. The van der Waals surface area contributed by atoms with Gasteiger partial charge in [-0.25, -0.2) is 9.88 Å². The summed E-state index contributed by atoms with van der Waals surface area (Å²) in [6.45, 7) is 3.97. The largest absolute Gasteiger partial charge is 0.416 e. The van der Waals surface area contributed by atoms with Gasteiger partial charge < -0.3 is 0 Å². The standard InChI is InChI=1S/C31H24ClF3N4O3/c1-15(2)13-21-24-25(28(42)38(27(24)41)23-14-16(31(33,34)35)11-12-19(23)32)30(37-21)18-8-4-6-10-22(18)39-26(40)17-7-3-5-9-20(17)36-29(30)39/h3-12,14-15,21,24-25,37H,13H2,1-2H3/t21-,24+,25-,30+/m1/s1. The van der Waals surface area contributed by atoms with Crippen LogP contribution in [0, 0.1) is 17.8 Å². The van der Waals surface area contributed by atoms with Gasteiger partial charge in [-0.05, 0) is 48.7 Å². The molecular weight excluding hydrogens is 569 g/mol. The molecule has 7 rings (SSSR count). The highest BCUT2D eigenvalue weighted by atomic mass is 35.5. The van der Waals surface area contributed by atoms with Gasteiger partial charge >= 0.3 is 6.18 Å². The summed E-state index contributed by atoms with van der Waals surface area (Å²) in [5, 5.41) is 3.83. The molecule has 7 nitrogen and oxygen atoms in total. The van der Waals surface area contributed by atoms with Crippen LogP contribution in [0.2, 0.25) is 5.02 Å². The Labute approximate surface area is 242 Å². The van der Waals surface area contributed by atoms with Crippen molar-refractivity contribution >= 4 is 40.0 Å². The maximum Gasteiger partial charge on any atom is 0.416 e. The van der Waals surface area contributed by atoms with Crippen molar-refractivity contribution in [1.82, 2.24) is 14.9 Å². The molecule has 0 bridgehead atoms. The van der Waals surface area contributed by atoms with Crippen molar-refractivity contribution in [2.75, 3.05) is 4.90 Å². The summed E-state index contributed by atoms with van der Waals surface area (Å²) in [6, 6.07) is 16.1. The molecule has 0 saturated carbocycles. The number of halogens is 4. The molecule has 4 atom stereocenters. The van der Waals surface area contributed by atoms with E-state index in [2.05, 4.69) is 5.32 Å². The van der Waals surface area contributed by atoms with Gasteiger partial charge in [-0.3, -0.25) is 24.3 Å². The van der Waals surface area contributed by atoms with Crippen molar-refractivity contribution in [3.8, 4) is 5.69 Å². The second kappa shape index (κ2) is 8.99. The van der Waals surface area contributed by atoms with Crippen LogP contribution in [0.3, 0.4) is 0 Å². The van der Waals surface area contributed by atoms with Crippen molar-refractivity contribution in [3.05, 3.63) is 99.1 Å². The Kier molecular flexibility index (Phi) is 5.75. The number of nitrogens with one attached hydrogen (secondary N) is 1. The quantitative estimate of drug-likeness (QED) is 0.320. The molecule has 0 radical (unpaired) electrons.